The molecule has 1 aliphatic rings. The quantitative estimate of drug-likeness (QED) is 0.896. The van der Waals surface area contributed by atoms with Crippen LogP contribution in [-0.4, -0.2) is 36.9 Å². The van der Waals surface area contributed by atoms with Crippen LogP contribution in [0.5, 0.6) is 0 Å². The van der Waals surface area contributed by atoms with Gasteiger partial charge in [-0.1, -0.05) is 0 Å². The highest BCUT2D eigenvalue weighted by Gasteiger charge is 2.34. The highest BCUT2D eigenvalue weighted by atomic mass is 32.2. The van der Waals surface area contributed by atoms with Crippen LogP contribution in [0.4, 0.5) is 8.78 Å². The molecular formula is C10H9F2NO4S. The zero-order valence-corrected chi connectivity index (χ0v) is 9.88. The van der Waals surface area contributed by atoms with Crippen LogP contribution in [-0.2, 0) is 10.0 Å². The second kappa shape index (κ2) is 4.29. The summed E-state index contributed by atoms with van der Waals surface area (Å²) in [5, 5.41) is 8.66. The number of carboxylic acid groups (broad SMARTS) is 1. The van der Waals surface area contributed by atoms with Crippen LogP contribution in [0.1, 0.15) is 16.8 Å². The molecule has 0 radical (unpaired) electrons. The van der Waals surface area contributed by atoms with Crippen LogP contribution >= 0.6 is 0 Å². The lowest BCUT2D eigenvalue weighted by molar-refractivity contribution is 0.0685. The summed E-state index contributed by atoms with van der Waals surface area (Å²) in [6.45, 7) is 0.503. The van der Waals surface area contributed by atoms with E-state index in [9.17, 15) is 22.0 Å². The number of carboxylic acids is 1. The number of halogens is 2. The predicted octanol–water partition coefficient (Wildman–Crippen LogP) is 1.06. The van der Waals surface area contributed by atoms with Crippen LogP contribution in [0.3, 0.4) is 0 Å². The highest BCUT2D eigenvalue weighted by molar-refractivity contribution is 7.89. The van der Waals surface area contributed by atoms with E-state index < -0.39 is 38.1 Å². The molecule has 1 aromatic carbocycles. The Hall–Kier alpha value is -1.54. The molecular weight excluding hydrogens is 268 g/mol. The van der Waals surface area contributed by atoms with Crippen LogP contribution in [0, 0.1) is 11.6 Å². The number of benzene rings is 1. The molecule has 0 atom stereocenters. The smallest absolute Gasteiger partial charge is 0.341 e. The normalized spacial score (nSPS) is 16.3. The summed E-state index contributed by atoms with van der Waals surface area (Å²) >= 11 is 0. The first-order valence-electron chi connectivity index (χ1n) is 5.07. The van der Waals surface area contributed by atoms with E-state index in [1.54, 1.807) is 0 Å². The van der Waals surface area contributed by atoms with Gasteiger partial charge in [0.1, 0.15) is 16.3 Å². The Morgan fingerprint density at radius 1 is 1.28 bits per heavy atom. The van der Waals surface area contributed by atoms with E-state index in [-0.39, 0.29) is 13.1 Å². The van der Waals surface area contributed by atoms with Crippen molar-refractivity contribution in [3.05, 3.63) is 29.3 Å². The molecule has 1 N–H and O–H groups in total. The summed E-state index contributed by atoms with van der Waals surface area (Å²) in [6.07, 6.45) is 0.661. The van der Waals surface area contributed by atoms with Crippen molar-refractivity contribution < 1.29 is 27.1 Å². The monoisotopic (exact) mass is 277 g/mol. The number of aromatic carboxylic acids is 1. The lowest BCUT2D eigenvalue weighted by atomic mass is 10.2. The van der Waals surface area contributed by atoms with E-state index in [4.69, 9.17) is 5.11 Å². The number of carbonyl (C=O) groups is 1. The van der Waals surface area contributed by atoms with Gasteiger partial charge in [-0.05, 0) is 18.6 Å². The lowest BCUT2D eigenvalue weighted by Crippen LogP contribution is -2.42. The van der Waals surface area contributed by atoms with E-state index >= 15 is 0 Å². The molecule has 1 aliphatic heterocycles. The standard InChI is InChI=1S/C10H9F2NO4S/c11-6-2-3-7(9(12)8(6)10(14)15)18(16,17)13-4-1-5-13/h2-3H,1,4-5H2,(H,14,15). The largest absolute Gasteiger partial charge is 0.477 e. The highest BCUT2D eigenvalue weighted by Crippen LogP contribution is 2.26. The molecule has 1 fully saturated rings. The van der Waals surface area contributed by atoms with Gasteiger partial charge in [0.2, 0.25) is 10.0 Å². The summed E-state index contributed by atoms with van der Waals surface area (Å²) in [7, 11) is -4.08. The molecule has 1 saturated heterocycles. The fourth-order valence-electron chi connectivity index (χ4n) is 1.60. The van der Waals surface area contributed by atoms with E-state index in [2.05, 4.69) is 0 Å². The molecule has 0 aliphatic carbocycles. The first kappa shape index (κ1) is 12.9. The number of hydrogen-bond donors (Lipinski definition) is 1. The minimum atomic E-state index is -4.08. The van der Waals surface area contributed by atoms with Crippen molar-refractivity contribution in [2.24, 2.45) is 0 Å². The molecule has 18 heavy (non-hydrogen) atoms. The molecule has 1 heterocycles. The van der Waals surface area contributed by atoms with Crippen molar-refractivity contribution in [1.29, 1.82) is 0 Å². The second-order valence-corrected chi connectivity index (χ2v) is 5.70. The molecule has 0 bridgehead atoms. The van der Waals surface area contributed by atoms with Gasteiger partial charge in [-0.2, -0.15) is 4.31 Å². The van der Waals surface area contributed by atoms with Crippen molar-refractivity contribution >= 4 is 16.0 Å². The molecule has 0 saturated carbocycles. The minimum absolute atomic E-state index is 0.252. The van der Waals surface area contributed by atoms with Crippen molar-refractivity contribution in [3.8, 4) is 0 Å². The summed E-state index contributed by atoms with van der Waals surface area (Å²) in [6, 6.07) is 1.38. The number of hydrogen-bond acceptors (Lipinski definition) is 3. The average molecular weight is 277 g/mol. The van der Waals surface area contributed by atoms with Gasteiger partial charge in [0.25, 0.3) is 0 Å². The van der Waals surface area contributed by atoms with Crippen molar-refractivity contribution in [2.75, 3.05) is 13.1 Å². The van der Waals surface area contributed by atoms with Gasteiger partial charge in [-0.25, -0.2) is 22.0 Å². The number of nitrogens with zero attached hydrogens (tertiary/aromatic N) is 1. The van der Waals surface area contributed by atoms with Crippen LogP contribution in [0.15, 0.2) is 17.0 Å². The first-order chi connectivity index (χ1) is 8.35. The van der Waals surface area contributed by atoms with E-state index in [0.29, 0.717) is 12.5 Å². The summed E-state index contributed by atoms with van der Waals surface area (Å²) in [5.74, 6) is -4.71. The third-order valence-electron chi connectivity index (χ3n) is 2.70. The van der Waals surface area contributed by atoms with E-state index in [1.165, 1.54) is 0 Å². The van der Waals surface area contributed by atoms with Crippen molar-refractivity contribution in [2.45, 2.75) is 11.3 Å². The molecule has 8 heteroatoms. The lowest BCUT2D eigenvalue weighted by Gasteiger charge is -2.29. The predicted molar refractivity (Wildman–Crippen MR) is 56.7 cm³/mol. The third kappa shape index (κ3) is 1.87. The molecule has 0 unspecified atom stereocenters. The average Bonchev–Trinajstić information content (AvgIpc) is 2.12. The Labute approximate surface area is 102 Å². The summed E-state index contributed by atoms with van der Waals surface area (Å²) in [4.78, 5) is 9.88. The molecule has 0 amide bonds. The fraction of sp³-hybridized carbons (Fsp3) is 0.300. The van der Waals surface area contributed by atoms with Gasteiger partial charge >= 0.3 is 5.97 Å². The van der Waals surface area contributed by atoms with Crippen LogP contribution in [0.2, 0.25) is 0 Å². The maximum Gasteiger partial charge on any atom is 0.341 e. The molecule has 2 rings (SSSR count). The van der Waals surface area contributed by atoms with Gasteiger partial charge in [-0.15, -0.1) is 0 Å². The summed E-state index contributed by atoms with van der Waals surface area (Å²) < 4.78 is 51.7. The summed E-state index contributed by atoms with van der Waals surface area (Å²) in [5.41, 5.74) is -1.25. The first-order valence-corrected chi connectivity index (χ1v) is 6.51. The van der Waals surface area contributed by atoms with E-state index in [1.807, 2.05) is 0 Å². The zero-order chi connectivity index (χ0) is 13.5. The Balaban J connectivity index is 2.59. The van der Waals surface area contributed by atoms with Crippen molar-refractivity contribution in [3.63, 3.8) is 0 Å². The number of sulfonamides is 1. The SMILES string of the molecule is O=C(O)c1c(F)ccc(S(=O)(=O)N2CCC2)c1F. The third-order valence-corrected chi connectivity index (χ3v) is 4.62. The van der Waals surface area contributed by atoms with Gasteiger partial charge < -0.3 is 5.11 Å². The van der Waals surface area contributed by atoms with Gasteiger partial charge in [-0.3, -0.25) is 0 Å². The molecule has 0 aromatic heterocycles. The van der Waals surface area contributed by atoms with Crippen molar-refractivity contribution in [1.82, 2.24) is 4.31 Å². The molecule has 1 aromatic rings. The van der Waals surface area contributed by atoms with E-state index in [0.717, 1.165) is 10.4 Å². The Kier molecular flexibility index (Phi) is 3.07. The molecule has 98 valence electrons. The zero-order valence-electron chi connectivity index (χ0n) is 9.06. The van der Waals surface area contributed by atoms with Gasteiger partial charge in [0.05, 0.1) is 0 Å². The second-order valence-electron chi connectivity index (χ2n) is 3.80. The maximum atomic E-state index is 13.8. The minimum Gasteiger partial charge on any atom is -0.477 e. The van der Waals surface area contributed by atoms with Crippen LogP contribution in [0.25, 0.3) is 0 Å². The topological polar surface area (TPSA) is 74.7 Å². The maximum absolute atomic E-state index is 13.8. The molecule has 5 nitrogen and oxygen atoms in total. The molecule has 0 spiro atoms. The Morgan fingerprint density at radius 3 is 2.33 bits per heavy atom. The van der Waals surface area contributed by atoms with Gasteiger partial charge in [0, 0.05) is 13.1 Å². The fourth-order valence-corrected chi connectivity index (χ4v) is 3.18. The Morgan fingerprint density at radius 2 is 1.89 bits per heavy atom. The Bertz CT molecular complexity index is 611. The van der Waals surface area contributed by atoms with Crippen LogP contribution < -0.4 is 0 Å². The van der Waals surface area contributed by atoms with Gasteiger partial charge in [0.15, 0.2) is 5.82 Å². The number of rotatable bonds is 3.